The van der Waals surface area contributed by atoms with Crippen molar-refractivity contribution in [3.8, 4) is 0 Å². The van der Waals surface area contributed by atoms with E-state index in [4.69, 9.17) is 0 Å². The number of hydrogen-bond donors (Lipinski definition) is 1. The molecule has 0 radical (unpaired) electrons. The SMILES string of the molecule is O=C(NCC(c1ccsc1)N1CCc2ccccc2C1)c1ccc(Br)cc1. The van der Waals surface area contributed by atoms with Crippen molar-refractivity contribution in [1.29, 1.82) is 0 Å². The van der Waals surface area contributed by atoms with Gasteiger partial charge in [-0.15, -0.1) is 0 Å². The first kappa shape index (κ1) is 18.4. The van der Waals surface area contributed by atoms with Gasteiger partial charge in [0.1, 0.15) is 0 Å². The topological polar surface area (TPSA) is 32.3 Å². The van der Waals surface area contributed by atoms with Crippen molar-refractivity contribution in [2.45, 2.75) is 19.0 Å². The third-order valence-corrected chi connectivity index (χ3v) is 6.32. The number of thiophene rings is 1. The number of fused-ring (bicyclic) bond motifs is 1. The first-order valence-electron chi connectivity index (χ1n) is 9.07. The van der Waals surface area contributed by atoms with Crippen LogP contribution < -0.4 is 5.32 Å². The molecule has 2 heterocycles. The van der Waals surface area contributed by atoms with Crippen LogP contribution in [0.1, 0.15) is 33.1 Å². The molecule has 4 rings (SSSR count). The van der Waals surface area contributed by atoms with Crippen LogP contribution in [0.4, 0.5) is 0 Å². The van der Waals surface area contributed by atoms with Crippen molar-refractivity contribution in [1.82, 2.24) is 10.2 Å². The van der Waals surface area contributed by atoms with Gasteiger partial charge in [-0.25, -0.2) is 0 Å². The Hall–Kier alpha value is -1.95. The van der Waals surface area contributed by atoms with E-state index in [1.165, 1.54) is 16.7 Å². The van der Waals surface area contributed by atoms with Gasteiger partial charge in [0.2, 0.25) is 0 Å². The Morgan fingerprint density at radius 2 is 1.89 bits per heavy atom. The Bertz CT molecular complexity index is 908. The van der Waals surface area contributed by atoms with E-state index < -0.39 is 0 Å². The molecule has 1 aromatic heterocycles. The monoisotopic (exact) mass is 440 g/mol. The summed E-state index contributed by atoms with van der Waals surface area (Å²) in [7, 11) is 0. The average Bonchev–Trinajstić information content (AvgIpc) is 3.23. The zero-order chi connectivity index (χ0) is 18.6. The van der Waals surface area contributed by atoms with Crippen LogP contribution in [0, 0.1) is 0 Å². The molecule has 0 fully saturated rings. The summed E-state index contributed by atoms with van der Waals surface area (Å²) in [5, 5.41) is 7.44. The molecule has 0 saturated carbocycles. The second-order valence-corrected chi connectivity index (χ2v) is 8.47. The third-order valence-electron chi connectivity index (χ3n) is 5.09. The molecule has 0 spiro atoms. The maximum atomic E-state index is 12.6. The van der Waals surface area contributed by atoms with Gasteiger partial charge in [0.15, 0.2) is 0 Å². The van der Waals surface area contributed by atoms with Crippen LogP contribution in [0.2, 0.25) is 0 Å². The molecule has 1 aliphatic rings. The van der Waals surface area contributed by atoms with Crippen molar-refractivity contribution in [3.63, 3.8) is 0 Å². The molecule has 0 aliphatic carbocycles. The van der Waals surface area contributed by atoms with Gasteiger partial charge in [0.25, 0.3) is 5.91 Å². The number of amides is 1. The molecule has 3 aromatic rings. The van der Waals surface area contributed by atoms with Gasteiger partial charge in [-0.05, 0) is 64.2 Å². The Kier molecular flexibility index (Phi) is 5.72. The van der Waals surface area contributed by atoms with E-state index in [0.717, 1.165) is 24.0 Å². The van der Waals surface area contributed by atoms with E-state index in [9.17, 15) is 4.79 Å². The Labute approximate surface area is 172 Å². The van der Waals surface area contributed by atoms with E-state index in [-0.39, 0.29) is 11.9 Å². The maximum Gasteiger partial charge on any atom is 0.251 e. The van der Waals surface area contributed by atoms with Gasteiger partial charge in [-0.3, -0.25) is 9.69 Å². The molecule has 1 unspecified atom stereocenters. The smallest absolute Gasteiger partial charge is 0.251 e. The number of rotatable bonds is 5. The summed E-state index contributed by atoms with van der Waals surface area (Å²) >= 11 is 5.12. The largest absolute Gasteiger partial charge is 0.350 e. The van der Waals surface area contributed by atoms with Crippen LogP contribution in [0.3, 0.4) is 0 Å². The van der Waals surface area contributed by atoms with E-state index >= 15 is 0 Å². The fraction of sp³-hybridized carbons (Fsp3) is 0.227. The number of carbonyl (C=O) groups is 1. The summed E-state index contributed by atoms with van der Waals surface area (Å²) in [5.74, 6) is -0.0276. The van der Waals surface area contributed by atoms with Crippen LogP contribution in [-0.4, -0.2) is 23.9 Å². The van der Waals surface area contributed by atoms with Crippen molar-refractivity contribution in [3.05, 3.63) is 92.1 Å². The molecule has 1 atom stereocenters. The van der Waals surface area contributed by atoms with Crippen molar-refractivity contribution in [2.24, 2.45) is 0 Å². The summed E-state index contributed by atoms with van der Waals surface area (Å²) in [6, 6.07) is 18.5. The molecule has 1 amide bonds. The van der Waals surface area contributed by atoms with Crippen LogP contribution in [-0.2, 0) is 13.0 Å². The summed E-state index contributed by atoms with van der Waals surface area (Å²) < 4.78 is 0.974. The molecular formula is C22H21BrN2OS. The van der Waals surface area contributed by atoms with Crippen molar-refractivity contribution >= 4 is 33.2 Å². The number of halogens is 1. The number of nitrogens with zero attached hydrogens (tertiary/aromatic N) is 1. The summed E-state index contributed by atoms with van der Waals surface area (Å²) in [6.07, 6.45) is 1.05. The minimum atomic E-state index is -0.0276. The first-order chi connectivity index (χ1) is 13.2. The Morgan fingerprint density at radius 1 is 1.11 bits per heavy atom. The Balaban J connectivity index is 1.49. The fourth-order valence-corrected chi connectivity index (χ4v) is 4.57. The molecule has 3 nitrogen and oxygen atoms in total. The summed E-state index contributed by atoms with van der Waals surface area (Å²) in [5.41, 5.74) is 4.79. The number of benzene rings is 2. The van der Waals surface area contributed by atoms with Gasteiger partial charge in [-0.1, -0.05) is 40.2 Å². The lowest BCUT2D eigenvalue weighted by molar-refractivity contribution is 0.0928. The lowest BCUT2D eigenvalue weighted by Gasteiger charge is -2.35. The molecule has 5 heteroatoms. The molecule has 1 N–H and O–H groups in total. The highest BCUT2D eigenvalue weighted by Crippen LogP contribution is 2.28. The van der Waals surface area contributed by atoms with Crippen LogP contribution >= 0.6 is 27.3 Å². The highest BCUT2D eigenvalue weighted by Gasteiger charge is 2.25. The second kappa shape index (κ2) is 8.38. The standard InChI is InChI=1S/C22H21BrN2OS/c23-20-7-5-17(6-8-20)22(26)24-13-21(19-10-12-27-15-19)25-11-9-16-3-1-2-4-18(16)14-25/h1-8,10,12,15,21H,9,11,13-14H2,(H,24,26). The number of hydrogen-bond acceptors (Lipinski definition) is 3. The lowest BCUT2D eigenvalue weighted by atomic mass is 9.97. The highest BCUT2D eigenvalue weighted by molar-refractivity contribution is 9.10. The lowest BCUT2D eigenvalue weighted by Crippen LogP contribution is -2.40. The molecule has 0 bridgehead atoms. The highest BCUT2D eigenvalue weighted by atomic mass is 79.9. The fourth-order valence-electron chi connectivity index (χ4n) is 3.60. The van der Waals surface area contributed by atoms with Crippen LogP contribution in [0.15, 0.2) is 69.8 Å². The maximum absolute atomic E-state index is 12.6. The molecule has 0 saturated heterocycles. The van der Waals surface area contributed by atoms with Crippen molar-refractivity contribution in [2.75, 3.05) is 13.1 Å². The minimum absolute atomic E-state index is 0.0276. The van der Waals surface area contributed by atoms with Crippen molar-refractivity contribution < 1.29 is 4.79 Å². The van der Waals surface area contributed by atoms with E-state index in [2.05, 4.69) is 67.2 Å². The average molecular weight is 441 g/mol. The molecule has 2 aromatic carbocycles. The van der Waals surface area contributed by atoms with Crippen LogP contribution in [0.25, 0.3) is 0 Å². The van der Waals surface area contributed by atoms with Gasteiger partial charge in [0, 0.05) is 29.7 Å². The van der Waals surface area contributed by atoms with E-state index in [1.807, 2.05) is 24.3 Å². The van der Waals surface area contributed by atoms with Gasteiger partial charge in [-0.2, -0.15) is 11.3 Å². The molecule has 1 aliphatic heterocycles. The third kappa shape index (κ3) is 4.32. The van der Waals surface area contributed by atoms with Crippen LogP contribution in [0.5, 0.6) is 0 Å². The number of carbonyl (C=O) groups excluding carboxylic acids is 1. The summed E-state index contributed by atoms with van der Waals surface area (Å²) in [4.78, 5) is 15.0. The zero-order valence-corrected chi connectivity index (χ0v) is 17.3. The van der Waals surface area contributed by atoms with E-state index in [1.54, 1.807) is 11.3 Å². The predicted octanol–water partition coefficient (Wildman–Crippen LogP) is 5.04. The predicted molar refractivity (Wildman–Crippen MR) is 114 cm³/mol. The van der Waals surface area contributed by atoms with Gasteiger partial charge in [0.05, 0.1) is 6.04 Å². The van der Waals surface area contributed by atoms with Gasteiger partial charge >= 0.3 is 0 Å². The van der Waals surface area contributed by atoms with Gasteiger partial charge < -0.3 is 5.32 Å². The molecular weight excluding hydrogens is 420 g/mol. The Morgan fingerprint density at radius 3 is 2.63 bits per heavy atom. The number of nitrogens with one attached hydrogen (secondary N) is 1. The first-order valence-corrected chi connectivity index (χ1v) is 10.8. The van der Waals surface area contributed by atoms with E-state index in [0.29, 0.717) is 12.1 Å². The second-order valence-electron chi connectivity index (χ2n) is 6.78. The normalized spacial score (nSPS) is 15.1. The molecule has 27 heavy (non-hydrogen) atoms. The molecule has 138 valence electrons. The quantitative estimate of drug-likeness (QED) is 0.602. The zero-order valence-electron chi connectivity index (χ0n) is 14.9. The summed E-state index contributed by atoms with van der Waals surface area (Å²) in [6.45, 7) is 2.53. The minimum Gasteiger partial charge on any atom is -0.350 e.